The average molecular weight is 418 g/mol. The lowest BCUT2D eigenvalue weighted by Crippen LogP contribution is -2.12. The highest BCUT2D eigenvalue weighted by Crippen LogP contribution is 2.29. The third-order valence-electron chi connectivity index (χ3n) is 2.84. The number of carbonyl (C=O) groups is 1. The molecular formula is C15H13ClINO3. The number of anilines is 1. The molecule has 0 bridgehead atoms. The Morgan fingerprint density at radius 3 is 2.52 bits per heavy atom. The Morgan fingerprint density at radius 1 is 1.14 bits per heavy atom. The number of hydrogen-bond donors (Lipinski definition) is 1. The number of hydrogen-bond acceptors (Lipinski definition) is 3. The fourth-order valence-electron chi connectivity index (χ4n) is 1.74. The molecule has 2 aromatic carbocycles. The van der Waals surface area contributed by atoms with Gasteiger partial charge in [-0.2, -0.15) is 0 Å². The van der Waals surface area contributed by atoms with Gasteiger partial charge in [-0.15, -0.1) is 0 Å². The Balaban J connectivity index is 2.28. The molecule has 0 atom stereocenters. The lowest BCUT2D eigenvalue weighted by molar-refractivity contribution is 0.102. The van der Waals surface area contributed by atoms with Gasteiger partial charge in [-0.25, -0.2) is 0 Å². The lowest BCUT2D eigenvalue weighted by Gasteiger charge is -2.12. The molecule has 0 aliphatic carbocycles. The van der Waals surface area contributed by atoms with E-state index in [1.165, 1.54) is 0 Å². The minimum atomic E-state index is -0.264. The van der Waals surface area contributed by atoms with Gasteiger partial charge in [0.25, 0.3) is 5.91 Å². The third-order valence-corrected chi connectivity index (χ3v) is 4.41. The largest absolute Gasteiger partial charge is 0.497 e. The summed E-state index contributed by atoms with van der Waals surface area (Å²) < 4.78 is 11.3. The molecule has 0 aliphatic rings. The van der Waals surface area contributed by atoms with Crippen LogP contribution >= 0.6 is 34.2 Å². The maximum atomic E-state index is 12.3. The van der Waals surface area contributed by atoms with E-state index in [4.69, 9.17) is 21.1 Å². The molecule has 0 fully saturated rings. The molecule has 2 rings (SSSR count). The van der Waals surface area contributed by atoms with E-state index >= 15 is 0 Å². The van der Waals surface area contributed by atoms with Crippen molar-refractivity contribution in [1.29, 1.82) is 0 Å². The fraction of sp³-hybridized carbons (Fsp3) is 0.133. The number of nitrogens with one attached hydrogen (secondary N) is 1. The molecule has 2 aromatic rings. The number of amides is 1. The second-order valence-corrected chi connectivity index (χ2v) is 5.72. The van der Waals surface area contributed by atoms with Gasteiger partial charge in [0, 0.05) is 15.2 Å². The van der Waals surface area contributed by atoms with Crippen molar-refractivity contribution < 1.29 is 14.3 Å². The Hall–Kier alpha value is -1.47. The first kappa shape index (κ1) is 15.9. The average Bonchev–Trinajstić information content (AvgIpc) is 2.49. The number of halogens is 2. The van der Waals surface area contributed by atoms with Crippen LogP contribution in [0.2, 0.25) is 5.02 Å². The highest BCUT2D eigenvalue weighted by Gasteiger charge is 2.12. The van der Waals surface area contributed by atoms with Crippen molar-refractivity contribution in [3.8, 4) is 11.5 Å². The number of ether oxygens (including phenoxy) is 2. The van der Waals surface area contributed by atoms with Crippen molar-refractivity contribution in [1.82, 2.24) is 0 Å². The molecule has 0 radical (unpaired) electrons. The van der Waals surface area contributed by atoms with Crippen LogP contribution < -0.4 is 14.8 Å². The van der Waals surface area contributed by atoms with Crippen LogP contribution in [0.4, 0.5) is 5.69 Å². The summed E-state index contributed by atoms with van der Waals surface area (Å²) in [4.78, 5) is 12.3. The van der Waals surface area contributed by atoms with Crippen molar-refractivity contribution in [2.24, 2.45) is 0 Å². The zero-order valence-corrected chi connectivity index (χ0v) is 14.4. The van der Waals surface area contributed by atoms with Gasteiger partial charge in [-0.05, 0) is 52.9 Å². The van der Waals surface area contributed by atoms with Gasteiger partial charge in [-0.1, -0.05) is 11.6 Å². The van der Waals surface area contributed by atoms with Crippen LogP contribution in [-0.4, -0.2) is 20.1 Å². The van der Waals surface area contributed by atoms with E-state index in [1.807, 2.05) is 0 Å². The van der Waals surface area contributed by atoms with E-state index < -0.39 is 0 Å². The predicted octanol–water partition coefficient (Wildman–Crippen LogP) is 4.21. The summed E-state index contributed by atoms with van der Waals surface area (Å²) in [5, 5.41) is 3.34. The van der Waals surface area contributed by atoms with Gasteiger partial charge < -0.3 is 14.8 Å². The van der Waals surface area contributed by atoms with E-state index in [0.717, 1.165) is 3.57 Å². The quantitative estimate of drug-likeness (QED) is 0.758. The van der Waals surface area contributed by atoms with Gasteiger partial charge in [0.05, 0.1) is 24.9 Å². The second kappa shape index (κ2) is 7.00. The zero-order chi connectivity index (χ0) is 15.4. The third kappa shape index (κ3) is 3.79. The first-order chi connectivity index (χ1) is 10.0. The first-order valence-corrected chi connectivity index (χ1v) is 7.49. The molecule has 0 saturated heterocycles. The molecule has 0 heterocycles. The smallest absolute Gasteiger partial charge is 0.255 e. The molecule has 21 heavy (non-hydrogen) atoms. The maximum absolute atomic E-state index is 12.3. The first-order valence-electron chi connectivity index (χ1n) is 6.03. The number of carbonyl (C=O) groups excluding carboxylic acids is 1. The van der Waals surface area contributed by atoms with Crippen LogP contribution in [0.3, 0.4) is 0 Å². The molecule has 0 saturated carbocycles. The van der Waals surface area contributed by atoms with Crippen molar-refractivity contribution in [2.45, 2.75) is 0 Å². The van der Waals surface area contributed by atoms with Crippen molar-refractivity contribution in [3.63, 3.8) is 0 Å². The van der Waals surface area contributed by atoms with E-state index in [-0.39, 0.29) is 5.91 Å². The number of methoxy groups -OCH3 is 2. The van der Waals surface area contributed by atoms with Crippen LogP contribution in [0.15, 0.2) is 36.4 Å². The molecular weight excluding hydrogens is 405 g/mol. The van der Waals surface area contributed by atoms with E-state index in [1.54, 1.807) is 50.6 Å². The van der Waals surface area contributed by atoms with E-state index in [9.17, 15) is 4.79 Å². The highest BCUT2D eigenvalue weighted by atomic mass is 127. The van der Waals surface area contributed by atoms with Crippen LogP contribution in [0.1, 0.15) is 10.4 Å². The number of rotatable bonds is 4. The molecule has 0 aliphatic heterocycles. The van der Waals surface area contributed by atoms with Crippen molar-refractivity contribution in [3.05, 3.63) is 50.6 Å². The monoisotopic (exact) mass is 417 g/mol. The van der Waals surface area contributed by atoms with E-state index in [0.29, 0.717) is 27.8 Å². The summed E-state index contributed by atoms with van der Waals surface area (Å²) in [6, 6.07) is 10.3. The molecule has 1 amide bonds. The Kier molecular flexibility index (Phi) is 5.30. The molecule has 6 heteroatoms. The Morgan fingerprint density at radius 2 is 1.90 bits per heavy atom. The second-order valence-electron chi connectivity index (χ2n) is 4.15. The summed E-state index contributed by atoms with van der Waals surface area (Å²) in [5.74, 6) is 0.923. The van der Waals surface area contributed by atoms with Gasteiger partial charge in [0.1, 0.15) is 11.5 Å². The molecule has 0 unspecified atom stereocenters. The Labute approximate surface area is 141 Å². The summed E-state index contributed by atoms with van der Waals surface area (Å²) >= 11 is 8.14. The summed E-state index contributed by atoms with van der Waals surface area (Å²) in [7, 11) is 3.10. The molecule has 4 nitrogen and oxygen atoms in total. The fourth-order valence-corrected chi connectivity index (χ4v) is 2.26. The van der Waals surface area contributed by atoms with E-state index in [2.05, 4.69) is 27.9 Å². The van der Waals surface area contributed by atoms with Crippen LogP contribution in [-0.2, 0) is 0 Å². The highest BCUT2D eigenvalue weighted by molar-refractivity contribution is 14.1. The number of benzene rings is 2. The minimum Gasteiger partial charge on any atom is -0.497 e. The topological polar surface area (TPSA) is 47.6 Å². The zero-order valence-electron chi connectivity index (χ0n) is 11.4. The SMILES string of the molecule is COc1ccc(OC)c(NC(=O)c2ccc(I)c(Cl)c2)c1. The van der Waals surface area contributed by atoms with Crippen LogP contribution in [0.25, 0.3) is 0 Å². The maximum Gasteiger partial charge on any atom is 0.255 e. The summed E-state index contributed by atoms with van der Waals surface area (Å²) in [6.07, 6.45) is 0. The van der Waals surface area contributed by atoms with Gasteiger partial charge in [-0.3, -0.25) is 4.79 Å². The normalized spacial score (nSPS) is 10.1. The lowest BCUT2D eigenvalue weighted by atomic mass is 10.2. The Bertz CT molecular complexity index is 676. The molecule has 0 aromatic heterocycles. The predicted molar refractivity (Wildman–Crippen MR) is 91.7 cm³/mol. The summed E-state index contributed by atoms with van der Waals surface area (Å²) in [6.45, 7) is 0. The molecule has 0 spiro atoms. The van der Waals surface area contributed by atoms with Crippen LogP contribution in [0.5, 0.6) is 11.5 Å². The van der Waals surface area contributed by atoms with Crippen molar-refractivity contribution in [2.75, 3.05) is 19.5 Å². The van der Waals surface area contributed by atoms with Gasteiger partial charge in [0.15, 0.2) is 0 Å². The van der Waals surface area contributed by atoms with Crippen molar-refractivity contribution >= 4 is 45.8 Å². The molecule has 110 valence electrons. The summed E-state index contributed by atoms with van der Waals surface area (Å²) in [5.41, 5.74) is 1.02. The standard InChI is InChI=1S/C15H13ClINO3/c1-20-10-4-6-14(21-2)13(8-10)18-15(19)9-3-5-12(17)11(16)7-9/h3-8H,1-2H3,(H,18,19). The van der Waals surface area contributed by atoms with Gasteiger partial charge >= 0.3 is 0 Å². The van der Waals surface area contributed by atoms with Gasteiger partial charge in [0.2, 0.25) is 0 Å². The minimum absolute atomic E-state index is 0.264. The van der Waals surface area contributed by atoms with Crippen LogP contribution in [0, 0.1) is 3.57 Å². The molecule has 1 N–H and O–H groups in total.